The molecule has 84 valence electrons. The van der Waals surface area contributed by atoms with Crippen LogP contribution in [-0.4, -0.2) is 31.7 Å². The summed E-state index contributed by atoms with van der Waals surface area (Å²) in [5.74, 6) is 0.785. The van der Waals surface area contributed by atoms with E-state index in [4.69, 9.17) is 0 Å². The van der Waals surface area contributed by atoms with Crippen LogP contribution in [-0.2, 0) is 0 Å². The molecule has 0 amide bonds. The zero-order chi connectivity index (χ0) is 10.7. The van der Waals surface area contributed by atoms with E-state index in [0.29, 0.717) is 0 Å². The second-order valence-electron chi connectivity index (χ2n) is 4.35. The Kier molecular flexibility index (Phi) is 3.59. The van der Waals surface area contributed by atoms with Gasteiger partial charge in [-0.1, -0.05) is 0 Å². The van der Waals surface area contributed by atoms with E-state index in [1.807, 2.05) is 6.20 Å². The van der Waals surface area contributed by atoms with E-state index in [2.05, 4.69) is 29.2 Å². The maximum Gasteiger partial charge on any atom is 0.185 e. The zero-order valence-corrected chi connectivity index (χ0v) is 10.3. The molecule has 1 fully saturated rings. The normalized spacial score (nSPS) is 21.6. The number of anilines is 1. The Morgan fingerprint density at radius 2 is 2.53 bits per heavy atom. The Morgan fingerprint density at radius 1 is 1.67 bits per heavy atom. The summed E-state index contributed by atoms with van der Waals surface area (Å²) in [7, 11) is 2.15. The van der Waals surface area contributed by atoms with E-state index in [1.165, 1.54) is 24.3 Å². The van der Waals surface area contributed by atoms with Gasteiger partial charge in [0.15, 0.2) is 5.13 Å². The third-order valence-corrected chi connectivity index (χ3v) is 3.89. The van der Waals surface area contributed by atoms with Gasteiger partial charge in [0.25, 0.3) is 0 Å². The molecule has 0 aliphatic carbocycles. The van der Waals surface area contributed by atoms with Crippen LogP contribution >= 0.6 is 11.3 Å². The van der Waals surface area contributed by atoms with Crippen molar-refractivity contribution < 1.29 is 0 Å². The fraction of sp³-hybridized carbons (Fsp3) is 0.727. The number of piperidine rings is 1. The summed E-state index contributed by atoms with van der Waals surface area (Å²) in [6, 6.07) is 0. The van der Waals surface area contributed by atoms with E-state index in [1.54, 1.807) is 11.3 Å². The standard InChI is InChI=1S/C11H19N3S/c1-9-6-13-11(15-9)14(2)8-10-4-3-5-12-7-10/h6,10,12H,3-5,7-8H2,1-2H3. The van der Waals surface area contributed by atoms with Crippen molar-refractivity contribution in [1.29, 1.82) is 0 Å². The number of hydrogen-bond acceptors (Lipinski definition) is 4. The Labute approximate surface area is 95.5 Å². The van der Waals surface area contributed by atoms with Gasteiger partial charge in [-0.2, -0.15) is 0 Å². The summed E-state index contributed by atoms with van der Waals surface area (Å²) < 4.78 is 0. The molecule has 1 saturated heterocycles. The van der Waals surface area contributed by atoms with Crippen molar-refractivity contribution in [2.24, 2.45) is 5.92 Å². The Morgan fingerprint density at radius 3 is 3.13 bits per heavy atom. The molecule has 0 radical (unpaired) electrons. The van der Waals surface area contributed by atoms with Gasteiger partial charge in [0, 0.05) is 24.7 Å². The number of nitrogens with one attached hydrogen (secondary N) is 1. The number of aryl methyl sites for hydroxylation is 1. The van der Waals surface area contributed by atoms with Gasteiger partial charge in [-0.05, 0) is 38.8 Å². The van der Waals surface area contributed by atoms with E-state index < -0.39 is 0 Å². The average Bonchev–Trinajstić information content (AvgIpc) is 2.66. The summed E-state index contributed by atoms with van der Waals surface area (Å²) in [5, 5.41) is 4.60. The molecule has 0 aromatic carbocycles. The Bertz CT molecular complexity index is 305. The Balaban J connectivity index is 1.88. The predicted octanol–water partition coefficient (Wildman–Crippen LogP) is 1.89. The molecule has 4 heteroatoms. The second kappa shape index (κ2) is 4.94. The van der Waals surface area contributed by atoms with E-state index >= 15 is 0 Å². The third kappa shape index (κ3) is 2.92. The van der Waals surface area contributed by atoms with Crippen molar-refractivity contribution in [3.8, 4) is 0 Å². The zero-order valence-electron chi connectivity index (χ0n) is 9.49. The van der Waals surface area contributed by atoms with Crippen LogP contribution in [0, 0.1) is 12.8 Å². The lowest BCUT2D eigenvalue weighted by Gasteiger charge is -2.27. The lowest BCUT2D eigenvalue weighted by Crippen LogP contribution is -2.36. The smallest absolute Gasteiger partial charge is 0.185 e. The van der Waals surface area contributed by atoms with Crippen molar-refractivity contribution in [3.63, 3.8) is 0 Å². The molecule has 1 aromatic heterocycles. The molecule has 0 spiro atoms. The van der Waals surface area contributed by atoms with Crippen molar-refractivity contribution in [2.45, 2.75) is 19.8 Å². The van der Waals surface area contributed by atoms with Crippen molar-refractivity contribution in [2.75, 3.05) is 31.6 Å². The minimum atomic E-state index is 0.785. The summed E-state index contributed by atoms with van der Waals surface area (Å²) in [6.45, 7) is 5.59. The molecular weight excluding hydrogens is 206 g/mol. The van der Waals surface area contributed by atoms with E-state index in [-0.39, 0.29) is 0 Å². The highest BCUT2D eigenvalue weighted by Crippen LogP contribution is 2.22. The summed E-state index contributed by atoms with van der Waals surface area (Å²) in [5.41, 5.74) is 0. The number of aromatic nitrogens is 1. The van der Waals surface area contributed by atoms with Gasteiger partial charge in [-0.15, -0.1) is 11.3 Å². The van der Waals surface area contributed by atoms with E-state index in [0.717, 1.165) is 24.1 Å². The molecule has 2 heterocycles. The van der Waals surface area contributed by atoms with Crippen LogP contribution in [0.15, 0.2) is 6.20 Å². The highest BCUT2D eigenvalue weighted by molar-refractivity contribution is 7.15. The highest BCUT2D eigenvalue weighted by Gasteiger charge is 2.16. The molecule has 1 atom stereocenters. The van der Waals surface area contributed by atoms with Crippen molar-refractivity contribution in [1.82, 2.24) is 10.3 Å². The first kappa shape index (κ1) is 10.9. The fourth-order valence-electron chi connectivity index (χ4n) is 2.06. The fourth-order valence-corrected chi connectivity index (χ4v) is 2.79. The lowest BCUT2D eigenvalue weighted by atomic mass is 9.99. The van der Waals surface area contributed by atoms with Crippen LogP contribution < -0.4 is 10.2 Å². The summed E-state index contributed by atoms with van der Waals surface area (Å²) >= 11 is 1.78. The number of hydrogen-bond donors (Lipinski definition) is 1. The molecule has 0 saturated carbocycles. The van der Waals surface area contributed by atoms with Crippen LogP contribution in [0.1, 0.15) is 17.7 Å². The summed E-state index contributed by atoms with van der Waals surface area (Å²) in [4.78, 5) is 7.98. The maximum absolute atomic E-state index is 4.41. The van der Waals surface area contributed by atoms with Crippen LogP contribution in [0.5, 0.6) is 0 Å². The van der Waals surface area contributed by atoms with Crippen LogP contribution in [0.4, 0.5) is 5.13 Å². The summed E-state index contributed by atoms with van der Waals surface area (Å²) in [6.07, 6.45) is 4.62. The van der Waals surface area contributed by atoms with Crippen LogP contribution in [0.25, 0.3) is 0 Å². The van der Waals surface area contributed by atoms with E-state index in [9.17, 15) is 0 Å². The number of rotatable bonds is 3. The minimum Gasteiger partial charge on any atom is -0.351 e. The molecule has 1 unspecified atom stereocenters. The SMILES string of the molecule is Cc1cnc(N(C)CC2CCCNC2)s1. The molecule has 0 bridgehead atoms. The molecule has 15 heavy (non-hydrogen) atoms. The van der Waals surface area contributed by atoms with Gasteiger partial charge in [0.05, 0.1) is 0 Å². The first-order valence-corrected chi connectivity index (χ1v) is 6.41. The Hall–Kier alpha value is -0.610. The van der Waals surface area contributed by atoms with Gasteiger partial charge in [-0.3, -0.25) is 0 Å². The highest BCUT2D eigenvalue weighted by atomic mass is 32.1. The van der Waals surface area contributed by atoms with Gasteiger partial charge in [0.2, 0.25) is 0 Å². The van der Waals surface area contributed by atoms with Gasteiger partial charge in [-0.25, -0.2) is 4.98 Å². The largest absolute Gasteiger partial charge is 0.351 e. The van der Waals surface area contributed by atoms with Crippen LogP contribution in [0.3, 0.4) is 0 Å². The number of thiazole rings is 1. The average molecular weight is 225 g/mol. The molecule has 1 aromatic rings. The molecule has 3 nitrogen and oxygen atoms in total. The quantitative estimate of drug-likeness (QED) is 0.851. The molecule has 1 aliphatic heterocycles. The minimum absolute atomic E-state index is 0.785. The van der Waals surface area contributed by atoms with Gasteiger partial charge in [0.1, 0.15) is 0 Å². The first-order valence-electron chi connectivity index (χ1n) is 5.60. The topological polar surface area (TPSA) is 28.2 Å². The second-order valence-corrected chi connectivity index (χ2v) is 5.56. The number of nitrogens with zero attached hydrogens (tertiary/aromatic N) is 2. The maximum atomic E-state index is 4.41. The molecule has 2 rings (SSSR count). The predicted molar refractivity (Wildman–Crippen MR) is 65.7 cm³/mol. The van der Waals surface area contributed by atoms with Gasteiger partial charge >= 0.3 is 0 Å². The monoisotopic (exact) mass is 225 g/mol. The molecular formula is C11H19N3S. The first-order chi connectivity index (χ1) is 7.25. The van der Waals surface area contributed by atoms with Crippen molar-refractivity contribution in [3.05, 3.63) is 11.1 Å². The van der Waals surface area contributed by atoms with Gasteiger partial charge < -0.3 is 10.2 Å². The lowest BCUT2D eigenvalue weighted by molar-refractivity contribution is 0.381. The molecule has 1 aliphatic rings. The molecule has 1 N–H and O–H groups in total. The van der Waals surface area contributed by atoms with Crippen molar-refractivity contribution >= 4 is 16.5 Å². The van der Waals surface area contributed by atoms with Crippen LogP contribution in [0.2, 0.25) is 0 Å². The third-order valence-electron chi connectivity index (χ3n) is 2.87.